The van der Waals surface area contributed by atoms with Crippen molar-refractivity contribution in [1.29, 1.82) is 0 Å². The number of carbonyl (C=O) groups is 3. The molecule has 7 nitrogen and oxygen atoms in total. The van der Waals surface area contributed by atoms with Crippen LogP contribution < -0.4 is 10.1 Å². The van der Waals surface area contributed by atoms with Crippen LogP contribution in [0, 0.1) is 0 Å². The van der Waals surface area contributed by atoms with Gasteiger partial charge in [-0.15, -0.1) is 0 Å². The Labute approximate surface area is 159 Å². The van der Waals surface area contributed by atoms with E-state index >= 15 is 0 Å². The number of carbonyl (C=O) groups excluding carboxylic acids is 3. The van der Waals surface area contributed by atoms with Crippen LogP contribution in [0.25, 0.3) is 6.08 Å². The van der Waals surface area contributed by atoms with Gasteiger partial charge in [-0.2, -0.15) is 0 Å². The van der Waals surface area contributed by atoms with E-state index < -0.39 is 17.8 Å². The Morgan fingerprint density at radius 3 is 2.65 bits per heavy atom. The average molecular weight is 423 g/mol. The number of aromatic hydroxyl groups is 1. The maximum absolute atomic E-state index is 12.8. The molecule has 3 rings (SSSR count). The molecular weight excluding hydrogens is 404 g/mol. The quantitative estimate of drug-likeness (QED) is 0.574. The zero-order valence-electron chi connectivity index (χ0n) is 14.3. The van der Waals surface area contributed by atoms with Crippen molar-refractivity contribution in [2.24, 2.45) is 0 Å². The van der Waals surface area contributed by atoms with Crippen molar-refractivity contribution < 1.29 is 24.2 Å². The molecule has 1 aromatic rings. The first-order valence-electron chi connectivity index (χ1n) is 8.48. The van der Waals surface area contributed by atoms with Crippen molar-refractivity contribution >= 4 is 39.9 Å². The van der Waals surface area contributed by atoms with Crippen molar-refractivity contribution in [3.8, 4) is 11.5 Å². The summed E-state index contributed by atoms with van der Waals surface area (Å²) in [5.74, 6) is -1.14. The van der Waals surface area contributed by atoms with E-state index in [1.165, 1.54) is 12.1 Å². The predicted octanol–water partition coefficient (Wildman–Crippen LogP) is 2.96. The number of rotatable bonds is 4. The molecule has 0 aromatic heterocycles. The van der Waals surface area contributed by atoms with E-state index in [4.69, 9.17) is 4.74 Å². The molecule has 0 atom stereocenters. The van der Waals surface area contributed by atoms with Crippen molar-refractivity contribution in [3.05, 3.63) is 27.7 Å². The van der Waals surface area contributed by atoms with Crippen LogP contribution in [-0.2, 0) is 9.59 Å². The molecule has 1 saturated heterocycles. The Hall–Kier alpha value is -2.35. The molecule has 1 aliphatic carbocycles. The highest BCUT2D eigenvalue weighted by atomic mass is 79.9. The van der Waals surface area contributed by atoms with Crippen LogP contribution in [0.3, 0.4) is 0 Å². The molecule has 1 aliphatic heterocycles. The normalized spacial score (nSPS) is 20.0. The van der Waals surface area contributed by atoms with E-state index in [1.807, 2.05) is 0 Å². The second-order valence-corrected chi connectivity index (χ2v) is 7.07. The number of hydrogen-bond acceptors (Lipinski definition) is 5. The first-order valence-corrected chi connectivity index (χ1v) is 9.27. The summed E-state index contributed by atoms with van der Waals surface area (Å²) in [5.41, 5.74) is 0.383. The lowest BCUT2D eigenvalue weighted by molar-refractivity contribution is -0.131. The molecule has 2 N–H and O–H groups in total. The van der Waals surface area contributed by atoms with Gasteiger partial charge in [0.15, 0.2) is 11.5 Å². The van der Waals surface area contributed by atoms with E-state index in [9.17, 15) is 19.5 Å². The number of urea groups is 1. The minimum atomic E-state index is -0.726. The third-order valence-corrected chi connectivity index (χ3v) is 5.09. The van der Waals surface area contributed by atoms with Crippen molar-refractivity contribution in [2.45, 2.75) is 38.6 Å². The highest BCUT2D eigenvalue weighted by molar-refractivity contribution is 9.10. The Balaban J connectivity index is 1.97. The number of phenolic OH excluding ortho intramolecular Hbond substituents is 1. The van der Waals surface area contributed by atoms with Gasteiger partial charge in [0.2, 0.25) is 0 Å². The Kier molecular flexibility index (Phi) is 5.31. The minimum absolute atomic E-state index is 0.0591. The van der Waals surface area contributed by atoms with Crippen molar-refractivity contribution in [1.82, 2.24) is 10.2 Å². The second-order valence-electron chi connectivity index (χ2n) is 6.21. The summed E-state index contributed by atoms with van der Waals surface area (Å²) in [6.07, 6.45) is 4.81. The Bertz CT molecular complexity index is 799. The van der Waals surface area contributed by atoms with E-state index in [-0.39, 0.29) is 23.1 Å². The summed E-state index contributed by atoms with van der Waals surface area (Å²) in [6.45, 7) is 2.13. The molecule has 8 heteroatoms. The van der Waals surface area contributed by atoms with Gasteiger partial charge in [0, 0.05) is 6.04 Å². The van der Waals surface area contributed by atoms with E-state index in [2.05, 4.69) is 21.2 Å². The number of phenols is 1. The fourth-order valence-electron chi connectivity index (χ4n) is 3.27. The molecule has 138 valence electrons. The van der Waals surface area contributed by atoms with Crippen LogP contribution in [0.15, 0.2) is 22.2 Å². The summed E-state index contributed by atoms with van der Waals surface area (Å²) in [7, 11) is 0. The standard InChI is InChI=1S/C18H19BrN2O5/c1-2-26-14-9-10(8-13(19)15(14)22)7-12-16(23)20-18(25)21(17(12)24)11-5-3-4-6-11/h7-9,11,22H,2-6H2,1H3,(H,20,23,25)/b12-7+. The molecule has 0 bridgehead atoms. The van der Waals surface area contributed by atoms with Crippen LogP contribution in [0.4, 0.5) is 4.79 Å². The number of barbiturate groups is 1. The van der Waals surface area contributed by atoms with E-state index in [0.29, 0.717) is 16.6 Å². The fraction of sp³-hybridized carbons (Fsp3) is 0.389. The smallest absolute Gasteiger partial charge is 0.331 e. The van der Waals surface area contributed by atoms with Crippen molar-refractivity contribution in [2.75, 3.05) is 6.61 Å². The molecule has 2 fully saturated rings. The molecule has 1 saturated carbocycles. The summed E-state index contributed by atoms with van der Waals surface area (Å²) in [6, 6.07) is 2.27. The van der Waals surface area contributed by atoms with Gasteiger partial charge in [-0.3, -0.25) is 19.8 Å². The van der Waals surface area contributed by atoms with Crippen LogP contribution >= 0.6 is 15.9 Å². The second kappa shape index (κ2) is 7.49. The third-order valence-electron chi connectivity index (χ3n) is 4.48. The Morgan fingerprint density at radius 1 is 1.31 bits per heavy atom. The SMILES string of the molecule is CCOc1cc(/C=C2\C(=O)NC(=O)N(C3CCCC3)C2=O)cc(Br)c1O. The number of nitrogens with one attached hydrogen (secondary N) is 1. The zero-order chi connectivity index (χ0) is 18.8. The highest BCUT2D eigenvalue weighted by Gasteiger charge is 2.40. The highest BCUT2D eigenvalue weighted by Crippen LogP contribution is 2.36. The van der Waals surface area contributed by atoms with Gasteiger partial charge in [-0.05, 0) is 59.5 Å². The first kappa shape index (κ1) is 18.4. The van der Waals surface area contributed by atoms with Crippen LogP contribution in [0.2, 0.25) is 0 Å². The molecule has 4 amide bonds. The molecule has 26 heavy (non-hydrogen) atoms. The van der Waals surface area contributed by atoms with Gasteiger partial charge in [-0.25, -0.2) is 4.79 Å². The number of amides is 4. The predicted molar refractivity (Wildman–Crippen MR) is 97.6 cm³/mol. The summed E-state index contributed by atoms with van der Waals surface area (Å²) >= 11 is 3.23. The number of imide groups is 2. The third kappa shape index (κ3) is 3.46. The summed E-state index contributed by atoms with van der Waals surface area (Å²) < 4.78 is 5.74. The van der Waals surface area contributed by atoms with Gasteiger partial charge in [0.25, 0.3) is 11.8 Å². The number of halogens is 1. The van der Waals surface area contributed by atoms with Gasteiger partial charge in [0.05, 0.1) is 11.1 Å². The zero-order valence-corrected chi connectivity index (χ0v) is 15.8. The molecule has 2 aliphatic rings. The number of hydrogen-bond donors (Lipinski definition) is 2. The van der Waals surface area contributed by atoms with E-state index in [1.54, 1.807) is 13.0 Å². The lowest BCUT2D eigenvalue weighted by atomic mass is 10.0. The minimum Gasteiger partial charge on any atom is -0.503 e. The Morgan fingerprint density at radius 2 is 2.00 bits per heavy atom. The summed E-state index contributed by atoms with van der Waals surface area (Å²) in [4.78, 5) is 38.3. The van der Waals surface area contributed by atoms with Crippen LogP contribution in [0.1, 0.15) is 38.2 Å². The number of benzene rings is 1. The molecule has 0 radical (unpaired) electrons. The van der Waals surface area contributed by atoms with Gasteiger partial charge in [0.1, 0.15) is 5.57 Å². The summed E-state index contributed by atoms with van der Waals surface area (Å²) in [5, 5.41) is 12.2. The lowest BCUT2D eigenvalue weighted by Crippen LogP contribution is -2.57. The maximum atomic E-state index is 12.8. The van der Waals surface area contributed by atoms with Crippen LogP contribution in [-0.4, -0.2) is 40.5 Å². The largest absolute Gasteiger partial charge is 0.503 e. The maximum Gasteiger partial charge on any atom is 0.331 e. The van der Waals surface area contributed by atoms with Gasteiger partial charge in [-0.1, -0.05) is 12.8 Å². The monoisotopic (exact) mass is 422 g/mol. The topological polar surface area (TPSA) is 95.9 Å². The molecule has 1 aromatic carbocycles. The van der Waals surface area contributed by atoms with Gasteiger partial charge >= 0.3 is 6.03 Å². The lowest BCUT2D eigenvalue weighted by Gasteiger charge is -2.31. The molecule has 0 spiro atoms. The number of nitrogens with zero attached hydrogens (tertiary/aromatic N) is 1. The van der Waals surface area contributed by atoms with Crippen LogP contribution in [0.5, 0.6) is 11.5 Å². The number of ether oxygens (including phenoxy) is 1. The first-order chi connectivity index (χ1) is 12.4. The van der Waals surface area contributed by atoms with Gasteiger partial charge < -0.3 is 9.84 Å². The molecular formula is C18H19BrN2O5. The fourth-order valence-corrected chi connectivity index (χ4v) is 3.73. The molecule has 1 heterocycles. The van der Waals surface area contributed by atoms with Crippen molar-refractivity contribution in [3.63, 3.8) is 0 Å². The molecule has 0 unspecified atom stereocenters. The average Bonchev–Trinajstić information content (AvgIpc) is 3.10. The van der Waals surface area contributed by atoms with E-state index in [0.717, 1.165) is 30.6 Å².